The zero-order valence-electron chi connectivity index (χ0n) is 10.9. The molecule has 0 saturated carbocycles. The quantitative estimate of drug-likeness (QED) is 0.925. The molecule has 110 valence electrons. The van der Waals surface area contributed by atoms with Gasteiger partial charge in [0.2, 0.25) is 0 Å². The van der Waals surface area contributed by atoms with Crippen LogP contribution in [-0.4, -0.2) is 35.2 Å². The third kappa shape index (κ3) is 3.72. The molecule has 1 heterocycles. The van der Waals surface area contributed by atoms with Crippen molar-refractivity contribution in [2.24, 2.45) is 0 Å². The van der Waals surface area contributed by atoms with Crippen LogP contribution in [0.2, 0.25) is 0 Å². The Bertz CT molecular complexity index is 500. The van der Waals surface area contributed by atoms with Gasteiger partial charge in [0.15, 0.2) is 0 Å². The molecule has 1 aromatic rings. The molecule has 0 aromatic heterocycles. The van der Waals surface area contributed by atoms with Gasteiger partial charge in [-0.05, 0) is 36.6 Å². The molecular formula is C14H16F3NO2. The lowest BCUT2D eigenvalue weighted by Gasteiger charge is -2.29. The second-order valence-corrected chi connectivity index (χ2v) is 4.99. The molecule has 0 atom stereocenters. The molecule has 1 aliphatic heterocycles. The third-order valence-corrected chi connectivity index (χ3v) is 3.51. The molecule has 0 aliphatic carbocycles. The van der Waals surface area contributed by atoms with E-state index < -0.39 is 18.6 Å². The van der Waals surface area contributed by atoms with Crippen LogP contribution >= 0.6 is 0 Å². The van der Waals surface area contributed by atoms with Crippen molar-refractivity contribution < 1.29 is 23.1 Å². The first-order chi connectivity index (χ1) is 9.37. The van der Waals surface area contributed by atoms with Crippen LogP contribution in [0.15, 0.2) is 18.2 Å². The summed E-state index contributed by atoms with van der Waals surface area (Å²) in [5.41, 5.74) is 2.02. The fourth-order valence-corrected chi connectivity index (χ4v) is 2.56. The SMILES string of the molecule is O=C(O)c1cccc2c1CCN(CCCC(F)(F)F)C2. The summed E-state index contributed by atoms with van der Waals surface area (Å²) in [5.74, 6) is -0.952. The highest BCUT2D eigenvalue weighted by Gasteiger charge is 2.27. The van der Waals surface area contributed by atoms with Crippen molar-refractivity contribution in [3.63, 3.8) is 0 Å². The van der Waals surface area contributed by atoms with E-state index in [0.29, 0.717) is 31.6 Å². The zero-order valence-corrected chi connectivity index (χ0v) is 10.9. The molecule has 1 aliphatic rings. The summed E-state index contributed by atoms with van der Waals surface area (Å²) in [6.07, 6.45) is -4.23. The van der Waals surface area contributed by atoms with Crippen LogP contribution < -0.4 is 0 Å². The largest absolute Gasteiger partial charge is 0.478 e. The highest BCUT2D eigenvalue weighted by Crippen LogP contribution is 2.25. The number of nitrogens with zero attached hydrogens (tertiary/aromatic N) is 1. The molecule has 6 heteroatoms. The normalized spacial score (nSPS) is 15.9. The summed E-state index contributed by atoms with van der Waals surface area (Å²) in [6, 6.07) is 5.10. The van der Waals surface area contributed by atoms with Gasteiger partial charge in [0.1, 0.15) is 0 Å². The number of halogens is 3. The van der Waals surface area contributed by atoms with Gasteiger partial charge < -0.3 is 5.11 Å². The number of rotatable bonds is 4. The van der Waals surface area contributed by atoms with E-state index in [1.807, 2.05) is 11.0 Å². The Hall–Kier alpha value is -1.56. The molecule has 0 spiro atoms. The number of fused-ring (bicyclic) bond motifs is 1. The highest BCUT2D eigenvalue weighted by molar-refractivity contribution is 5.89. The van der Waals surface area contributed by atoms with Crippen molar-refractivity contribution in [3.05, 3.63) is 34.9 Å². The Morgan fingerprint density at radius 2 is 2.10 bits per heavy atom. The Labute approximate surface area is 115 Å². The topological polar surface area (TPSA) is 40.5 Å². The van der Waals surface area contributed by atoms with Crippen LogP contribution in [0.5, 0.6) is 0 Å². The van der Waals surface area contributed by atoms with Crippen molar-refractivity contribution in [1.29, 1.82) is 0 Å². The number of carbonyl (C=O) groups is 1. The van der Waals surface area contributed by atoms with E-state index >= 15 is 0 Å². The standard InChI is InChI=1S/C14H16F3NO2/c15-14(16,17)6-2-7-18-8-5-11-10(9-18)3-1-4-12(11)13(19)20/h1,3-4H,2,5-9H2,(H,19,20). The second kappa shape index (κ2) is 5.83. The predicted molar refractivity (Wildman–Crippen MR) is 67.7 cm³/mol. The van der Waals surface area contributed by atoms with Gasteiger partial charge in [-0.15, -0.1) is 0 Å². The van der Waals surface area contributed by atoms with Gasteiger partial charge in [0.05, 0.1) is 5.56 Å². The van der Waals surface area contributed by atoms with Crippen molar-refractivity contribution in [2.75, 3.05) is 13.1 Å². The minimum Gasteiger partial charge on any atom is -0.478 e. The molecule has 3 nitrogen and oxygen atoms in total. The maximum absolute atomic E-state index is 12.1. The van der Waals surface area contributed by atoms with Crippen LogP contribution in [0.1, 0.15) is 34.3 Å². The van der Waals surface area contributed by atoms with Crippen molar-refractivity contribution in [1.82, 2.24) is 4.90 Å². The average Bonchev–Trinajstić information content (AvgIpc) is 2.36. The fraction of sp³-hybridized carbons (Fsp3) is 0.500. The van der Waals surface area contributed by atoms with Crippen LogP contribution in [0, 0.1) is 0 Å². The fourth-order valence-electron chi connectivity index (χ4n) is 2.56. The van der Waals surface area contributed by atoms with Gasteiger partial charge in [0.25, 0.3) is 0 Å². The number of benzene rings is 1. The lowest BCUT2D eigenvalue weighted by atomic mass is 9.94. The van der Waals surface area contributed by atoms with Crippen molar-refractivity contribution in [3.8, 4) is 0 Å². The smallest absolute Gasteiger partial charge is 0.389 e. The number of alkyl halides is 3. The van der Waals surface area contributed by atoms with E-state index in [0.717, 1.165) is 11.1 Å². The second-order valence-electron chi connectivity index (χ2n) is 4.99. The lowest BCUT2D eigenvalue weighted by Crippen LogP contribution is -2.32. The van der Waals surface area contributed by atoms with E-state index in [-0.39, 0.29) is 6.42 Å². The summed E-state index contributed by atoms with van der Waals surface area (Å²) in [4.78, 5) is 13.0. The number of aromatic carboxylic acids is 1. The summed E-state index contributed by atoms with van der Waals surface area (Å²) >= 11 is 0. The average molecular weight is 287 g/mol. The van der Waals surface area contributed by atoms with E-state index in [1.54, 1.807) is 12.1 Å². The number of hydrogen-bond donors (Lipinski definition) is 1. The van der Waals surface area contributed by atoms with Gasteiger partial charge in [-0.2, -0.15) is 13.2 Å². The molecule has 1 aromatic carbocycles. The molecule has 0 radical (unpaired) electrons. The van der Waals surface area contributed by atoms with Crippen LogP contribution in [0.3, 0.4) is 0 Å². The maximum atomic E-state index is 12.1. The first kappa shape index (κ1) is 14.8. The maximum Gasteiger partial charge on any atom is 0.389 e. The number of carboxylic acid groups (broad SMARTS) is 1. The van der Waals surface area contributed by atoms with Crippen LogP contribution in [0.25, 0.3) is 0 Å². The Morgan fingerprint density at radius 1 is 1.35 bits per heavy atom. The molecule has 0 fully saturated rings. The molecule has 2 rings (SSSR count). The summed E-state index contributed by atoms with van der Waals surface area (Å²) < 4.78 is 36.3. The van der Waals surface area contributed by atoms with Crippen molar-refractivity contribution in [2.45, 2.75) is 32.0 Å². The van der Waals surface area contributed by atoms with Gasteiger partial charge >= 0.3 is 12.1 Å². The van der Waals surface area contributed by atoms with E-state index in [4.69, 9.17) is 5.11 Å². The van der Waals surface area contributed by atoms with Crippen molar-refractivity contribution >= 4 is 5.97 Å². The Morgan fingerprint density at radius 3 is 2.75 bits per heavy atom. The van der Waals surface area contributed by atoms with Gasteiger partial charge in [0, 0.05) is 19.5 Å². The van der Waals surface area contributed by atoms with Gasteiger partial charge in [-0.1, -0.05) is 12.1 Å². The first-order valence-electron chi connectivity index (χ1n) is 6.50. The summed E-state index contributed by atoms with van der Waals surface area (Å²) in [7, 11) is 0. The van der Waals surface area contributed by atoms with Gasteiger partial charge in [-0.3, -0.25) is 4.90 Å². The molecule has 0 unspecified atom stereocenters. The summed E-state index contributed by atoms with van der Waals surface area (Å²) in [5, 5.41) is 9.10. The highest BCUT2D eigenvalue weighted by atomic mass is 19.4. The molecule has 1 N–H and O–H groups in total. The van der Waals surface area contributed by atoms with Crippen LogP contribution in [0.4, 0.5) is 13.2 Å². The lowest BCUT2D eigenvalue weighted by molar-refractivity contribution is -0.136. The zero-order chi connectivity index (χ0) is 14.8. The third-order valence-electron chi connectivity index (χ3n) is 3.51. The van der Waals surface area contributed by atoms with Gasteiger partial charge in [-0.25, -0.2) is 4.79 Å². The predicted octanol–water partition coefficient (Wildman–Crippen LogP) is 3.09. The Balaban J connectivity index is 1.98. The molecule has 20 heavy (non-hydrogen) atoms. The minimum absolute atomic E-state index is 0.0808. The van der Waals surface area contributed by atoms with E-state index in [1.165, 1.54) is 0 Å². The molecule has 0 saturated heterocycles. The monoisotopic (exact) mass is 287 g/mol. The molecule has 0 amide bonds. The summed E-state index contributed by atoms with van der Waals surface area (Å²) in [6.45, 7) is 1.51. The number of hydrogen-bond acceptors (Lipinski definition) is 2. The van der Waals surface area contributed by atoms with Crippen LogP contribution in [-0.2, 0) is 13.0 Å². The first-order valence-corrected chi connectivity index (χ1v) is 6.50. The molecule has 0 bridgehead atoms. The number of carboxylic acids is 1. The Kier molecular flexibility index (Phi) is 4.32. The minimum atomic E-state index is -4.11. The van der Waals surface area contributed by atoms with E-state index in [2.05, 4.69) is 0 Å². The molecular weight excluding hydrogens is 271 g/mol. The van der Waals surface area contributed by atoms with E-state index in [9.17, 15) is 18.0 Å².